The van der Waals surface area contributed by atoms with E-state index < -0.39 is 67.4 Å². The van der Waals surface area contributed by atoms with Crippen LogP contribution in [0.2, 0.25) is 78.6 Å². The highest BCUT2D eigenvalue weighted by molar-refractivity contribution is 7.10. The van der Waals surface area contributed by atoms with Gasteiger partial charge in [-0.3, -0.25) is 0 Å². The van der Waals surface area contributed by atoms with Crippen molar-refractivity contribution in [3.05, 3.63) is 114 Å². The fourth-order valence-electron chi connectivity index (χ4n) is 10.4. The first-order valence-electron chi connectivity index (χ1n) is 21.8. The SMILES string of the molecule is COC(=O)c1c(C(=O)OC)c([Si](C)(C)C)c2cc3c(cc2c1[Si](C)(C)C)C(O)(c1cccs1)c1cc2c([Si](C)(C)C)c(C(=O)OC)c(C(=O)OC)c([Si](C)(C)C)c2cc1C3(O)c1cccs1. The van der Waals surface area contributed by atoms with Gasteiger partial charge in [-0.05, 0) is 89.5 Å². The number of ether oxygens (including phenoxy) is 4. The third-order valence-corrected chi connectivity index (χ3v) is 22.8. The van der Waals surface area contributed by atoms with Crippen LogP contribution in [0.1, 0.15) is 73.4 Å². The lowest BCUT2D eigenvalue weighted by Gasteiger charge is -2.45. The second kappa shape index (κ2) is 16.6. The Morgan fingerprint density at radius 1 is 0.424 bits per heavy atom. The number of carbonyl (C=O) groups is 4. The molecule has 0 amide bonds. The Morgan fingerprint density at radius 2 is 0.636 bits per heavy atom. The van der Waals surface area contributed by atoms with Gasteiger partial charge in [-0.25, -0.2) is 19.2 Å². The highest BCUT2D eigenvalue weighted by Gasteiger charge is 2.54. The maximum absolute atomic E-state index is 14.3. The number of hydrogen-bond acceptors (Lipinski definition) is 12. The van der Waals surface area contributed by atoms with Crippen molar-refractivity contribution in [1.29, 1.82) is 0 Å². The molecule has 1 aliphatic rings. The highest BCUT2D eigenvalue weighted by atomic mass is 32.1. The largest absolute Gasteiger partial charge is 0.465 e. The topological polar surface area (TPSA) is 146 Å². The number of methoxy groups -OCH3 is 4. The molecule has 0 aliphatic heterocycles. The maximum atomic E-state index is 14.3. The summed E-state index contributed by atoms with van der Waals surface area (Å²) in [7, 11) is -5.35. The second-order valence-electron chi connectivity index (χ2n) is 21.2. The first kappa shape index (κ1) is 49.4. The lowest BCUT2D eigenvalue weighted by atomic mass is 9.65. The summed E-state index contributed by atoms with van der Waals surface area (Å²) >= 11 is 2.74. The third-order valence-electron chi connectivity index (χ3n) is 12.8. The molecule has 0 saturated carbocycles. The lowest BCUT2D eigenvalue weighted by molar-refractivity contribution is 0.0558. The predicted octanol–water partition coefficient (Wildman–Crippen LogP) is 8.33. The van der Waals surface area contributed by atoms with Crippen LogP contribution in [-0.2, 0) is 30.1 Å². The standard InChI is InChI=1S/C50H60O10S2Si4/c1-57-45(51)37-38(46(52)58-2)42(64(8,9)10)28-24-32-31(23-27(28)41(37)63(5,6)7)49(55,35-19-17-21-61-35)33-25-29-30(26-34(33)50(32,56)36-20-18-22-62-36)44(66(14,15)16)40(48(54)60-4)39(47(53)59-3)43(29)65(11,12)13/h17-26,55-56H,1-16H3. The molecule has 2 aromatic heterocycles. The summed E-state index contributed by atoms with van der Waals surface area (Å²) in [5, 5.41) is 37.7. The smallest absolute Gasteiger partial charge is 0.338 e. The Morgan fingerprint density at radius 3 is 0.788 bits per heavy atom. The molecule has 10 nitrogen and oxygen atoms in total. The molecular weight excluding hydrogens is 937 g/mol. The summed E-state index contributed by atoms with van der Waals surface area (Å²) in [6, 6.07) is 15.3. The molecular formula is C50H60O10S2Si4. The molecule has 2 heterocycles. The van der Waals surface area contributed by atoms with Crippen LogP contribution in [0, 0.1) is 0 Å². The molecule has 6 aromatic rings. The van der Waals surface area contributed by atoms with Crippen molar-refractivity contribution >= 4 is 121 Å². The Bertz CT molecular complexity index is 2640. The van der Waals surface area contributed by atoms with Crippen LogP contribution in [0.3, 0.4) is 0 Å². The summed E-state index contributed by atoms with van der Waals surface area (Å²) in [4.78, 5) is 58.2. The Hall–Kier alpha value is -4.53. The monoisotopic (exact) mass is 996 g/mol. The number of hydrogen-bond donors (Lipinski definition) is 2. The zero-order valence-electron chi connectivity index (χ0n) is 40.8. The van der Waals surface area contributed by atoms with Gasteiger partial charge in [-0.2, -0.15) is 0 Å². The predicted molar refractivity (Wildman–Crippen MR) is 278 cm³/mol. The molecule has 0 spiro atoms. The van der Waals surface area contributed by atoms with Gasteiger partial charge in [-0.15, -0.1) is 22.7 Å². The van der Waals surface area contributed by atoms with E-state index in [1.54, 1.807) is 0 Å². The quantitative estimate of drug-likeness (QED) is 0.0781. The van der Waals surface area contributed by atoms with Gasteiger partial charge in [0.1, 0.15) is 11.2 Å². The number of esters is 4. The van der Waals surface area contributed by atoms with Crippen molar-refractivity contribution in [1.82, 2.24) is 0 Å². The van der Waals surface area contributed by atoms with Gasteiger partial charge >= 0.3 is 23.9 Å². The van der Waals surface area contributed by atoms with E-state index in [0.717, 1.165) is 0 Å². The summed E-state index contributed by atoms with van der Waals surface area (Å²) in [6.45, 7) is 25.3. The van der Waals surface area contributed by atoms with Crippen molar-refractivity contribution in [3.63, 3.8) is 0 Å². The minimum Gasteiger partial charge on any atom is -0.465 e. The molecule has 0 radical (unpaired) electrons. The molecule has 0 atom stereocenters. The fourth-order valence-corrected chi connectivity index (χ4v) is 20.1. The van der Waals surface area contributed by atoms with E-state index in [1.165, 1.54) is 51.1 Å². The van der Waals surface area contributed by atoms with Crippen LogP contribution in [0.4, 0.5) is 0 Å². The van der Waals surface area contributed by atoms with Crippen molar-refractivity contribution in [2.75, 3.05) is 28.4 Å². The van der Waals surface area contributed by atoms with Crippen molar-refractivity contribution in [2.24, 2.45) is 0 Å². The van der Waals surface area contributed by atoms with Gasteiger partial charge in [0.2, 0.25) is 0 Å². The first-order chi connectivity index (χ1) is 30.6. The molecule has 1 aliphatic carbocycles. The molecule has 66 heavy (non-hydrogen) atoms. The molecule has 348 valence electrons. The Labute approximate surface area is 398 Å². The van der Waals surface area contributed by atoms with Gasteiger partial charge in [0.05, 0.1) is 83.0 Å². The summed E-state index contributed by atoms with van der Waals surface area (Å²) in [5.41, 5.74) is -1.56. The lowest BCUT2D eigenvalue weighted by Crippen LogP contribution is -2.51. The number of fused-ring (bicyclic) bond motifs is 4. The van der Waals surface area contributed by atoms with E-state index in [9.17, 15) is 29.4 Å². The van der Waals surface area contributed by atoms with E-state index in [1.807, 2.05) is 59.3 Å². The molecule has 16 heteroatoms. The highest BCUT2D eigenvalue weighted by Crippen LogP contribution is 2.56. The van der Waals surface area contributed by atoms with Crippen molar-refractivity contribution < 1.29 is 48.3 Å². The number of aliphatic hydroxyl groups is 2. The number of rotatable bonds is 10. The fraction of sp³-hybridized carbons (Fsp3) is 0.360. The van der Waals surface area contributed by atoms with Gasteiger partial charge in [0.15, 0.2) is 0 Å². The molecule has 2 N–H and O–H groups in total. The normalized spacial score (nSPS) is 17.6. The van der Waals surface area contributed by atoms with Crippen LogP contribution < -0.4 is 20.7 Å². The van der Waals surface area contributed by atoms with Crippen LogP contribution in [-0.4, -0.2) is 94.8 Å². The number of thiophene rings is 2. The number of benzene rings is 4. The average Bonchev–Trinajstić information content (AvgIpc) is 4.00. The Kier molecular flexibility index (Phi) is 12.4. The van der Waals surface area contributed by atoms with E-state index in [0.29, 0.717) is 74.3 Å². The van der Waals surface area contributed by atoms with Crippen LogP contribution in [0.5, 0.6) is 0 Å². The molecule has 7 rings (SSSR count). The molecule has 4 aromatic carbocycles. The first-order valence-corrected chi connectivity index (χ1v) is 37.6. The minimum atomic E-state index is -2.65. The summed E-state index contributed by atoms with van der Waals surface area (Å²) in [5.74, 6) is -2.62. The summed E-state index contributed by atoms with van der Waals surface area (Å²) < 4.78 is 22.0. The Balaban J connectivity index is 1.87. The minimum absolute atomic E-state index is 0.166. The van der Waals surface area contributed by atoms with Crippen molar-refractivity contribution in [2.45, 2.75) is 89.8 Å². The van der Waals surface area contributed by atoms with E-state index in [4.69, 9.17) is 18.9 Å². The van der Waals surface area contributed by atoms with E-state index in [-0.39, 0.29) is 22.3 Å². The van der Waals surface area contributed by atoms with Gasteiger partial charge < -0.3 is 29.2 Å². The molecule has 0 unspecified atom stereocenters. The van der Waals surface area contributed by atoms with Gasteiger partial charge in [0, 0.05) is 32.0 Å². The number of carbonyl (C=O) groups excluding carboxylic acids is 4. The maximum Gasteiger partial charge on any atom is 0.338 e. The van der Waals surface area contributed by atoms with Gasteiger partial charge in [0.25, 0.3) is 0 Å². The van der Waals surface area contributed by atoms with Crippen molar-refractivity contribution in [3.8, 4) is 0 Å². The molecule has 0 saturated heterocycles. The van der Waals surface area contributed by atoms with Gasteiger partial charge in [-0.1, -0.05) is 90.7 Å². The third kappa shape index (κ3) is 7.42. The molecule has 0 fully saturated rings. The van der Waals surface area contributed by atoms with Crippen LogP contribution in [0.25, 0.3) is 21.5 Å². The zero-order valence-corrected chi connectivity index (χ0v) is 46.4. The zero-order chi connectivity index (χ0) is 49.0. The van der Waals surface area contributed by atoms with E-state index in [2.05, 4.69) is 78.6 Å². The van der Waals surface area contributed by atoms with Crippen LogP contribution >= 0.6 is 22.7 Å². The molecule has 0 bridgehead atoms. The average molecular weight is 997 g/mol. The van der Waals surface area contributed by atoms with E-state index >= 15 is 0 Å². The summed E-state index contributed by atoms with van der Waals surface area (Å²) in [6.07, 6.45) is 0. The second-order valence-corrected chi connectivity index (χ2v) is 43.1. The van der Waals surface area contributed by atoms with Crippen LogP contribution in [0.15, 0.2) is 59.3 Å².